The van der Waals surface area contributed by atoms with Gasteiger partial charge in [0, 0.05) is 5.56 Å². The third kappa shape index (κ3) is 5.66. The fourth-order valence-electron chi connectivity index (χ4n) is 1.88. The van der Waals surface area contributed by atoms with Gasteiger partial charge in [-0.1, -0.05) is 30.2 Å². The lowest BCUT2D eigenvalue weighted by Gasteiger charge is -2.14. The van der Waals surface area contributed by atoms with E-state index < -0.39 is 6.10 Å². The van der Waals surface area contributed by atoms with Crippen molar-refractivity contribution in [1.82, 2.24) is 5.43 Å². The van der Waals surface area contributed by atoms with Gasteiger partial charge in [0.05, 0.1) is 10.7 Å². The molecule has 0 saturated carbocycles. The van der Waals surface area contributed by atoms with Crippen molar-refractivity contribution in [3.63, 3.8) is 0 Å². The van der Waals surface area contributed by atoms with E-state index in [-0.39, 0.29) is 12.5 Å². The highest BCUT2D eigenvalue weighted by Crippen LogP contribution is 2.24. The molecule has 2 rings (SSSR count). The van der Waals surface area contributed by atoms with Gasteiger partial charge in [-0.05, 0) is 47.1 Å². The zero-order valence-corrected chi connectivity index (χ0v) is 15.2. The Balaban J connectivity index is 1.94. The normalized spacial score (nSPS) is 11.6. The van der Waals surface area contributed by atoms with Crippen molar-refractivity contribution in [1.29, 1.82) is 0 Å². The highest BCUT2D eigenvalue weighted by atomic mass is 79.9. The summed E-state index contributed by atoms with van der Waals surface area (Å²) in [6.45, 7) is 1.81. The van der Waals surface area contributed by atoms with Crippen LogP contribution in [0.15, 0.2) is 58.1 Å². The first-order chi connectivity index (χ1) is 12.1. The van der Waals surface area contributed by atoms with Crippen molar-refractivity contribution >= 4 is 28.1 Å². The minimum absolute atomic E-state index is 0.161. The zero-order chi connectivity index (χ0) is 18.1. The molecule has 25 heavy (non-hydrogen) atoms. The van der Waals surface area contributed by atoms with Crippen LogP contribution in [0.1, 0.15) is 12.5 Å². The van der Waals surface area contributed by atoms with Crippen LogP contribution in [-0.2, 0) is 4.79 Å². The molecule has 0 fully saturated rings. The number of rotatable bonds is 7. The molecule has 1 atom stereocenters. The van der Waals surface area contributed by atoms with Crippen LogP contribution in [0.2, 0.25) is 0 Å². The SMILES string of the molecule is C#CCOc1ccccc1/C=N/NC(=O)C(C)Oc1ccccc1Br. The molecule has 0 bridgehead atoms. The van der Waals surface area contributed by atoms with Gasteiger partial charge in [0.25, 0.3) is 5.91 Å². The first-order valence-corrected chi connectivity index (χ1v) is 8.30. The van der Waals surface area contributed by atoms with E-state index in [1.54, 1.807) is 19.1 Å². The first kappa shape index (κ1) is 18.6. The predicted octanol–water partition coefficient (Wildman–Crippen LogP) is 3.38. The topological polar surface area (TPSA) is 59.9 Å². The van der Waals surface area contributed by atoms with Gasteiger partial charge in [-0.25, -0.2) is 5.43 Å². The molecule has 128 valence electrons. The molecule has 0 radical (unpaired) electrons. The van der Waals surface area contributed by atoms with Gasteiger partial charge >= 0.3 is 0 Å². The second-order valence-corrected chi connectivity index (χ2v) is 5.81. The number of halogens is 1. The van der Waals surface area contributed by atoms with Crippen molar-refractivity contribution in [2.75, 3.05) is 6.61 Å². The molecule has 0 saturated heterocycles. The van der Waals surface area contributed by atoms with Gasteiger partial charge in [-0.15, -0.1) is 6.42 Å². The second-order valence-electron chi connectivity index (χ2n) is 4.96. The van der Waals surface area contributed by atoms with E-state index in [9.17, 15) is 4.79 Å². The van der Waals surface area contributed by atoms with Crippen LogP contribution in [0.3, 0.4) is 0 Å². The van der Waals surface area contributed by atoms with Crippen molar-refractivity contribution in [3.8, 4) is 23.8 Å². The molecule has 2 aromatic rings. The monoisotopic (exact) mass is 400 g/mol. The summed E-state index contributed by atoms with van der Waals surface area (Å²) >= 11 is 3.37. The summed E-state index contributed by atoms with van der Waals surface area (Å²) in [5.41, 5.74) is 3.15. The number of terminal acetylenes is 1. The molecule has 0 aliphatic heterocycles. The van der Waals surface area contributed by atoms with E-state index in [2.05, 4.69) is 32.4 Å². The van der Waals surface area contributed by atoms with Gasteiger partial charge in [-0.3, -0.25) is 4.79 Å². The van der Waals surface area contributed by atoms with Crippen molar-refractivity contribution in [2.24, 2.45) is 5.10 Å². The summed E-state index contributed by atoms with van der Waals surface area (Å²) in [6, 6.07) is 14.6. The van der Waals surface area contributed by atoms with E-state index in [4.69, 9.17) is 15.9 Å². The van der Waals surface area contributed by atoms with E-state index in [1.807, 2.05) is 36.4 Å². The van der Waals surface area contributed by atoms with Crippen molar-refractivity contribution in [3.05, 3.63) is 58.6 Å². The number of hydrazone groups is 1. The Hall–Kier alpha value is -2.78. The molecule has 0 spiro atoms. The van der Waals surface area contributed by atoms with Crippen LogP contribution in [0.5, 0.6) is 11.5 Å². The van der Waals surface area contributed by atoms with E-state index in [0.29, 0.717) is 17.1 Å². The summed E-state index contributed by atoms with van der Waals surface area (Å²) in [4.78, 5) is 12.1. The molecular formula is C19H17BrN2O3. The number of carbonyl (C=O) groups excluding carboxylic acids is 1. The summed E-state index contributed by atoms with van der Waals surface area (Å²) in [5.74, 6) is 3.22. The number of benzene rings is 2. The van der Waals surface area contributed by atoms with Crippen LogP contribution in [0, 0.1) is 12.3 Å². The number of carbonyl (C=O) groups is 1. The van der Waals surface area contributed by atoms with E-state index in [0.717, 1.165) is 4.47 Å². The Kier molecular flexibility index (Phi) is 7.05. The first-order valence-electron chi connectivity index (χ1n) is 7.51. The summed E-state index contributed by atoms with van der Waals surface area (Å²) in [7, 11) is 0. The Morgan fingerprint density at radius 3 is 2.68 bits per heavy atom. The quantitative estimate of drug-likeness (QED) is 0.440. The van der Waals surface area contributed by atoms with Gasteiger partial charge in [0.15, 0.2) is 6.10 Å². The summed E-state index contributed by atoms with van der Waals surface area (Å²) in [5, 5.41) is 3.95. The van der Waals surface area contributed by atoms with Gasteiger partial charge < -0.3 is 9.47 Å². The van der Waals surface area contributed by atoms with Crippen LogP contribution in [0.25, 0.3) is 0 Å². The molecule has 1 N–H and O–H groups in total. The largest absolute Gasteiger partial charge is 0.480 e. The maximum atomic E-state index is 12.1. The lowest BCUT2D eigenvalue weighted by atomic mass is 10.2. The van der Waals surface area contributed by atoms with Crippen molar-refractivity contribution < 1.29 is 14.3 Å². The maximum absolute atomic E-state index is 12.1. The molecule has 1 amide bonds. The van der Waals surface area contributed by atoms with Gasteiger partial charge in [0.1, 0.15) is 18.1 Å². The zero-order valence-electron chi connectivity index (χ0n) is 13.6. The molecule has 0 aliphatic rings. The van der Waals surface area contributed by atoms with Crippen LogP contribution < -0.4 is 14.9 Å². The number of hydrogen-bond donors (Lipinski definition) is 1. The number of hydrogen-bond acceptors (Lipinski definition) is 4. The smallest absolute Gasteiger partial charge is 0.280 e. The molecule has 6 heteroatoms. The van der Waals surface area contributed by atoms with Crippen molar-refractivity contribution in [2.45, 2.75) is 13.0 Å². The minimum Gasteiger partial charge on any atom is -0.480 e. The molecule has 5 nitrogen and oxygen atoms in total. The average molecular weight is 401 g/mol. The molecule has 2 aromatic carbocycles. The molecule has 0 heterocycles. The number of ether oxygens (including phenoxy) is 2. The van der Waals surface area contributed by atoms with Crippen LogP contribution >= 0.6 is 15.9 Å². The average Bonchev–Trinajstić information content (AvgIpc) is 2.62. The molecule has 1 unspecified atom stereocenters. The summed E-state index contributed by atoms with van der Waals surface area (Å²) < 4.78 is 11.8. The number of nitrogens with zero attached hydrogens (tertiary/aromatic N) is 1. The minimum atomic E-state index is -0.705. The van der Waals surface area contributed by atoms with E-state index >= 15 is 0 Å². The maximum Gasteiger partial charge on any atom is 0.280 e. The Morgan fingerprint density at radius 1 is 1.28 bits per heavy atom. The fraction of sp³-hybridized carbons (Fsp3) is 0.158. The second kappa shape index (κ2) is 9.50. The predicted molar refractivity (Wildman–Crippen MR) is 101 cm³/mol. The Morgan fingerprint density at radius 2 is 1.96 bits per heavy atom. The molecule has 0 aromatic heterocycles. The van der Waals surface area contributed by atoms with E-state index in [1.165, 1.54) is 6.21 Å². The highest BCUT2D eigenvalue weighted by molar-refractivity contribution is 9.10. The fourth-order valence-corrected chi connectivity index (χ4v) is 2.26. The third-order valence-corrected chi connectivity index (χ3v) is 3.77. The van der Waals surface area contributed by atoms with Crippen LogP contribution in [0.4, 0.5) is 0 Å². The van der Waals surface area contributed by atoms with Gasteiger partial charge in [0.2, 0.25) is 0 Å². The van der Waals surface area contributed by atoms with Crippen LogP contribution in [-0.4, -0.2) is 24.8 Å². The number of nitrogens with one attached hydrogen (secondary N) is 1. The molecular weight excluding hydrogens is 384 g/mol. The Bertz CT molecular complexity index is 799. The third-order valence-electron chi connectivity index (χ3n) is 3.12. The molecule has 0 aliphatic carbocycles. The summed E-state index contributed by atoms with van der Waals surface area (Å²) in [6.07, 6.45) is 5.98. The number of amides is 1. The Labute approximate surface area is 155 Å². The van der Waals surface area contributed by atoms with Gasteiger partial charge in [-0.2, -0.15) is 5.10 Å². The lowest BCUT2D eigenvalue weighted by molar-refractivity contribution is -0.127. The highest BCUT2D eigenvalue weighted by Gasteiger charge is 2.15. The number of para-hydroxylation sites is 2. The lowest BCUT2D eigenvalue weighted by Crippen LogP contribution is -2.33. The standard InChI is InChI=1S/C19H17BrN2O3/c1-3-12-24-17-10-6-4-8-15(17)13-21-22-19(23)14(2)25-18-11-7-5-9-16(18)20/h1,4-11,13-14H,12H2,2H3,(H,22,23)/b21-13+.